The maximum absolute atomic E-state index is 8.98. The summed E-state index contributed by atoms with van der Waals surface area (Å²) in [6.07, 6.45) is 3.32. The predicted octanol–water partition coefficient (Wildman–Crippen LogP) is 2.39. The number of hydrogen-bond donors (Lipinski definition) is 1. The minimum atomic E-state index is -0.369. The van der Waals surface area contributed by atoms with Crippen LogP contribution in [0, 0.1) is 6.92 Å². The lowest BCUT2D eigenvalue weighted by molar-refractivity contribution is 0.245. The summed E-state index contributed by atoms with van der Waals surface area (Å²) in [6.45, 7) is 3.80. The van der Waals surface area contributed by atoms with Crippen molar-refractivity contribution >= 4 is 6.08 Å². The fraction of sp³-hybridized carbons (Fsp3) is 0.273. The van der Waals surface area contributed by atoms with Crippen LogP contribution >= 0.6 is 0 Å². The maximum Gasteiger partial charge on any atom is 0.0696 e. The first-order chi connectivity index (χ1) is 5.68. The van der Waals surface area contributed by atoms with Gasteiger partial charge in [0.25, 0.3) is 0 Å². The highest BCUT2D eigenvalue weighted by atomic mass is 16.3. The molecule has 0 amide bonds. The van der Waals surface area contributed by atoms with Crippen LogP contribution in [0.15, 0.2) is 30.3 Å². The fourth-order valence-electron chi connectivity index (χ4n) is 0.928. The van der Waals surface area contributed by atoms with Crippen LogP contribution in [0.2, 0.25) is 0 Å². The van der Waals surface area contributed by atoms with Crippen LogP contribution < -0.4 is 0 Å². The molecule has 0 saturated heterocycles. The Kier molecular flexibility index (Phi) is 3.06. The Hall–Kier alpha value is -1.08. The van der Waals surface area contributed by atoms with Gasteiger partial charge in [-0.1, -0.05) is 42.0 Å². The summed E-state index contributed by atoms with van der Waals surface area (Å²) < 4.78 is 0. The van der Waals surface area contributed by atoms with E-state index in [9.17, 15) is 0 Å². The molecule has 0 aliphatic carbocycles. The molecule has 1 atom stereocenters. The largest absolute Gasteiger partial charge is 0.389 e. The molecule has 0 radical (unpaired) electrons. The second-order valence-corrected chi connectivity index (χ2v) is 3.01. The molecule has 0 heterocycles. The summed E-state index contributed by atoms with van der Waals surface area (Å²) in [5, 5.41) is 8.98. The number of rotatable bonds is 2. The average Bonchev–Trinajstić information content (AvgIpc) is 2.03. The Balaban J connectivity index is 2.71. The smallest absolute Gasteiger partial charge is 0.0696 e. The van der Waals surface area contributed by atoms with Crippen LogP contribution in [0.1, 0.15) is 18.1 Å². The van der Waals surface area contributed by atoms with E-state index in [-0.39, 0.29) is 6.10 Å². The quantitative estimate of drug-likeness (QED) is 0.708. The molecular formula is C11H14O. The van der Waals surface area contributed by atoms with E-state index in [1.54, 1.807) is 13.0 Å². The van der Waals surface area contributed by atoms with Gasteiger partial charge in [0.1, 0.15) is 0 Å². The first-order valence-electron chi connectivity index (χ1n) is 4.11. The Labute approximate surface area is 73.4 Å². The topological polar surface area (TPSA) is 20.2 Å². The molecule has 1 aromatic carbocycles. The van der Waals surface area contributed by atoms with Crippen molar-refractivity contribution in [3.63, 3.8) is 0 Å². The lowest BCUT2D eigenvalue weighted by Gasteiger charge is -1.96. The van der Waals surface area contributed by atoms with Crippen molar-refractivity contribution in [2.24, 2.45) is 0 Å². The van der Waals surface area contributed by atoms with Crippen molar-refractivity contribution in [1.29, 1.82) is 0 Å². The standard InChI is InChI=1S/C11H14O/c1-9-3-6-11(7-4-9)8-5-10(2)12/h3-8,10,12H,1-2H3/b8-5-. The number of aliphatic hydroxyl groups is 1. The van der Waals surface area contributed by atoms with Crippen LogP contribution in [0.4, 0.5) is 0 Å². The van der Waals surface area contributed by atoms with Gasteiger partial charge in [0.2, 0.25) is 0 Å². The monoisotopic (exact) mass is 162 g/mol. The Morgan fingerprint density at radius 1 is 1.25 bits per heavy atom. The Morgan fingerprint density at radius 3 is 2.33 bits per heavy atom. The van der Waals surface area contributed by atoms with E-state index in [1.165, 1.54) is 5.56 Å². The number of aryl methyl sites for hydroxylation is 1. The van der Waals surface area contributed by atoms with E-state index in [1.807, 2.05) is 18.2 Å². The Morgan fingerprint density at radius 2 is 1.83 bits per heavy atom. The Bertz CT molecular complexity index is 257. The molecule has 0 bridgehead atoms. The third-order valence-electron chi connectivity index (χ3n) is 1.64. The van der Waals surface area contributed by atoms with Crippen molar-refractivity contribution in [1.82, 2.24) is 0 Å². The minimum Gasteiger partial charge on any atom is -0.389 e. The molecule has 0 aromatic heterocycles. The molecule has 1 N–H and O–H groups in total. The van der Waals surface area contributed by atoms with E-state index in [2.05, 4.69) is 19.1 Å². The minimum absolute atomic E-state index is 0.369. The zero-order chi connectivity index (χ0) is 8.97. The van der Waals surface area contributed by atoms with E-state index < -0.39 is 0 Å². The van der Waals surface area contributed by atoms with Crippen molar-refractivity contribution in [2.45, 2.75) is 20.0 Å². The van der Waals surface area contributed by atoms with Gasteiger partial charge in [0.15, 0.2) is 0 Å². The molecule has 0 aliphatic rings. The van der Waals surface area contributed by atoms with Gasteiger partial charge in [-0.05, 0) is 19.4 Å². The average molecular weight is 162 g/mol. The van der Waals surface area contributed by atoms with Gasteiger partial charge in [-0.3, -0.25) is 0 Å². The lowest BCUT2D eigenvalue weighted by Crippen LogP contribution is -1.91. The lowest BCUT2D eigenvalue weighted by atomic mass is 10.1. The summed E-state index contributed by atoms with van der Waals surface area (Å²) in [5.41, 5.74) is 2.38. The molecule has 1 rings (SSSR count). The van der Waals surface area contributed by atoms with Crippen LogP contribution in [0.5, 0.6) is 0 Å². The van der Waals surface area contributed by atoms with Crippen molar-refractivity contribution in [3.05, 3.63) is 41.5 Å². The molecule has 1 nitrogen and oxygen atoms in total. The van der Waals surface area contributed by atoms with Crippen LogP contribution in [0.25, 0.3) is 6.08 Å². The van der Waals surface area contributed by atoms with Gasteiger partial charge in [-0.2, -0.15) is 0 Å². The number of benzene rings is 1. The maximum atomic E-state index is 8.98. The zero-order valence-corrected chi connectivity index (χ0v) is 7.49. The van der Waals surface area contributed by atoms with Crippen LogP contribution in [-0.2, 0) is 0 Å². The molecule has 0 fully saturated rings. The van der Waals surface area contributed by atoms with Gasteiger partial charge in [-0.15, -0.1) is 0 Å². The first-order valence-corrected chi connectivity index (χ1v) is 4.11. The molecule has 12 heavy (non-hydrogen) atoms. The molecule has 1 unspecified atom stereocenters. The fourth-order valence-corrected chi connectivity index (χ4v) is 0.928. The molecule has 1 aromatic rings. The zero-order valence-electron chi connectivity index (χ0n) is 7.49. The number of hydrogen-bond acceptors (Lipinski definition) is 1. The molecular weight excluding hydrogens is 148 g/mol. The molecule has 0 aliphatic heterocycles. The summed E-state index contributed by atoms with van der Waals surface area (Å²) in [7, 11) is 0. The normalized spacial score (nSPS) is 13.6. The summed E-state index contributed by atoms with van der Waals surface area (Å²) in [4.78, 5) is 0. The third kappa shape index (κ3) is 2.89. The second kappa shape index (κ2) is 4.07. The molecule has 0 saturated carbocycles. The highest BCUT2D eigenvalue weighted by Gasteiger charge is 1.88. The van der Waals surface area contributed by atoms with Gasteiger partial charge >= 0.3 is 0 Å². The molecule has 64 valence electrons. The summed E-state index contributed by atoms with van der Waals surface area (Å²) >= 11 is 0. The van der Waals surface area contributed by atoms with E-state index in [0.717, 1.165) is 5.56 Å². The predicted molar refractivity (Wildman–Crippen MR) is 51.9 cm³/mol. The van der Waals surface area contributed by atoms with Crippen molar-refractivity contribution < 1.29 is 5.11 Å². The van der Waals surface area contributed by atoms with Gasteiger partial charge in [-0.25, -0.2) is 0 Å². The number of aliphatic hydroxyl groups excluding tert-OH is 1. The second-order valence-electron chi connectivity index (χ2n) is 3.01. The summed E-state index contributed by atoms with van der Waals surface area (Å²) in [5.74, 6) is 0. The molecule has 1 heteroatoms. The first kappa shape index (κ1) is 9.01. The highest BCUT2D eigenvalue weighted by molar-refractivity contribution is 5.49. The van der Waals surface area contributed by atoms with Crippen LogP contribution in [-0.4, -0.2) is 11.2 Å². The molecule has 0 spiro atoms. The third-order valence-corrected chi connectivity index (χ3v) is 1.64. The van der Waals surface area contributed by atoms with Gasteiger partial charge in [0, 0.05) is 0 Å². The van der Waals surface area contributed by atoms with Crippen LogP contribution in [0.3, 0.4) is 0 Å². The van der Waals surface area contributed by atoms with Gasteiger partial charge < -0.3 is 5.11 Å². The van der Waals surface area contributed by atoms with Gasteiger partial charge in [0.05, 0.1) is 6.10 Å². The highest BCUT2D eigenvalue weighted by Crippen LogP contribution is 2.05. The van der Waals surface area contributed by atoms with E-state index in [0.29, 0.717) is 0 Å². The van der Waals surface area contributed by atoms with Crippen molar-refractivity contribution in [2.75, 3.05) is 0 Å². The van der Waals surface area contributed by atoms with E-state index in [4.69, 9.17) is 5.11 Å². The summed E-state index contributed by atoms with van der Waals surface area (Å²) in [6, 6.07) is 8.19. The SMILES string of the molecule is Cc1ccc(/C=C\C(C)O)cc1. The van der Waals surface area contributed by atoms with E-state index >= 15 is 0 Å². The van der Waals surface area contributed by atoms with Crippen molar-refractivity contribution in [3.8, 4) is 0 Å².